The number of aryl methyl sites for hydroxylation is 1. The second-order valence-electron chi connectivity index (χ2n) is 4.05. The van der Waals surface area contributed by atoms with Crippen molar-refractivity contribution in [2.24, 2.45) is 0 Å². The van der Waals surface area contributed by atoms with Gasteiger partial charge in [-0.15, -0.1) is 11.8 Å². The summed E-state index contributed by atoms with van der Waals surface area (Å²) in [5, 5.41) is 10.2. The Bertz CT molecular complexity index is 524. The van der Waals surface area contributed by atoms with Crippen LogP contribution in [0.3, 0.4) is 0 Å². The zero-order valence-electron chi connectivity index (χ0n) is 11.8. The van der Waals surface area contributed by atoms with Crippen LogP contribution in [-0.4, -0.2) is 28.1 Å². The van der Waals surface area contributed by atoms with Crippen LogP contribution < -0.4 is 4.57 Å². The minimum atomic E-state index is -0.473. The Morgan fingerprint density at radius 2 is 2.05 bits per heavy atom. The second-order valence-corrected chi connectivity index (χ2v) is 5.53. The molecule has 1 heterocycles. The van der Waals surface area contributed by atoms with Crippen LogP contribution in [-0.2, 0) is 9.53 Å². The SMILES string of the molecule is CCOC(=O)C/C(O)=C(\C(=S)SC)[n+]1ccc(C)cc1. The van der Waals surface area contributed by atoms with Crippen molar-refractivity contribution in [2.75, 3.05) is 12.9 Å². The van der Waals surface area contributed by atoms with Gasteiger partial charge in [-0.25, -0.2) is 0 Å². The fourth-order valence-corrected chi connectivity index (χ4v) is 2.19. The predicted molar refractivity (Wildman–Crippen MR) is 84.6 cm³/mol. The molecule has 0 aliphatic heterocycles. The number of pyridine rings is 1. The number of thioether (sulfide) groups is 1. The van der Waals surface area contributed by atoms with E-state index in [1.54, 1.807) is 23.9 Å². The van der Waals surface area contributed by atoms with Gasteiger partial charge in [-0.05, 0) is 25.7 Å². The van der Waals surface area contributed by atoms with Crippen molar-refractivity contribution in [1.82, 2.24) is 0 Å². The molecule has 0 saturated heterocycles. The minimum Gasteiger partial charge on any atom is -0.505 e. The zero-order valence-corrected chi connectivity index (χ0v) is 13.4. The standard InChI is InChI=1S/C14H17NO3S2/c1-4-18-12(17)9-11(16)13(14(19)20-3)15-7-5-10(2)6-8-15/h5-8H,4,9H2,1-3H3/p+1. The van der Waals surface area contributed by atoms with E-state index < -0.39 is 5.97 Å². The maximum absolute atomic E-state index is 11.5. The van der Waals surface area contributed by atoms with Gasteiger partial charge in [-0.1, -0.05) is 12.2 Å². The Balaban J connectivity index is 3.14. The lowest BCUT2D eigenvalue weighted by molar-refractivity contribution is -0.577. The molecule has 0 aromatic carbocycles. The number of carbonyl (C=O) groups is 1. The third kappa shape index (κ3) is 4.61. The maximum Gasteiger partial charge on any atom is 0.313 e. The molecule has 0 spiro atoms. The topological polar surface area (TPSA) is 50.4 Å². The average molecular weight is 312 g/mol. The monoisotopic (exact) mass is 312 g/mol. The molecule has 0 fully saturated rings. The number of ether oxygens (including phenoxy) is 1. The van der Waals surface area contributed by atoms with Crippen LogP contribution in [0.15, 0.2) is 30.3 Å². The molecule has 4 nitrogen and oxygen atoms in total. The third-order valence-corrected chi connectivity index (χ3v) is 3.78. The maximum atomic E-state index is 11.5. The summed E-state index contributed by atoms with van der Waals surface area (Å²) in [4.78, 5) is 11.5. The van der Waals surface area contributed by atoms with E-state index in [0.29, 0.717) is 9.89 Å². The van der Waals surface area contributed by atoms with E-state index in [4.69, 9.17) is 17.0 Å². The van der Waals surface area contributed by atoms with Crippen molar-refractivity contribution in [3.8, 4) is 0 Å². The predicted octanol–water partition coefficient (Wildman–Crippen LogP) is 2.65. The van der Waals surface area contributed by atoms with Gasteiger partial charge >= 0.3 is 5.97 Å². The molecule has 0 aliphatic rings. The Labute approximate surface area is 128 Å². The van der Waals surface area contributed by atoms with Gasteiger partial charge in [-0.2, -0.15) is 4.57 Å². The van der Waals surface area contributed by atoms with E-state index in [1.807, 2.05) is 25.3 Å². The Kier molecular flexibility index (Phi) is 6.67. The highest BCUT2D eigenvalue weighted by molar-refractivity contribution is 8.23. The molecule has 1 rings (SSSR count). The number of aliphatic hydroxyl groups excluding tert-OH is 1. The number of carbonyl (C=O) groups excluding carboxylic acids is 1. The minimum absolute atomic E-state index is 0.0864. The first-order valence-corrected chi connectivity index (χ1v) is 7.77. The van der Waals surface area contributed by atoms with Crippen LogP contribution in [0.5, 0.6) is 0 Å². The van der Waals surface area contributed by atoms with Crippen molar-refractivity contribution in [2.45, 2.75) is 20.3 Å². The Hall–Kier alpha value is -1.40. The Morgan fingerprint density at radius 3 is 2.55 bits per heavy atom. The lowest BCUT2D eigenvalue weighted by atomic mass is 10.2. The molecular weight excluding hydrogens is 294 g/mol. The largest absolute Gasteiger partial charge is 0.505 e. The van der Waals surface area contributed by atoms with Crippen LogP contribution in [0.25, 0.3) is 5.70 Å². The first kappa shape index (κ1) is 16.7. The number of aromatic nitrogens is 1. The molecule has 0 aliphatic carbocycles. The van der Waals surface area contributed by atoms with Gasteiger partial charge in [0, 0.05) is 12.1 Å². The highest BCUT2D eigenvalue weighted by Gasteiger charge is 2.23. The van der Waals surface area contributed by atoms with Crippen LogP contribution in [0.1, 0.15) is 18.9 Å². The molecule has 1 aromatic rings. The highest BCUT2D eigenvalue weighted by atomic mass is 32.2. The molecule has 1 N–H and O–H groups in total. The first-order chi connectivity index (χ1) is 9.49. The lowest BCUT2D eigenvalue weighted by Gasteiger charge is -2.06. The quantitative estimate of drug-likeness (QED) is 0.298. The number of aliphatic hydroxyl groups is 1. The van der Waals surface area contributed by atoms with Gasteiger partial charge in [0.2, 0.25) is 0 Å². The summed E-state index contributed by atoms with van der Waals surface area (Å²) in [7, 11) is 0. The molecule has 6 heteroatoms. The Morgan fingerprint density at radius 1 is 1.45 bits per heavy atom. The van der Waals surface area contributed by atoms with Gasteiger partial charge in [-0.3, -0.25) is 4.79 Å². The smallest absolute Gasteiger partial charge is 0.313 e. The molecule has 20 heavy (non-hydrogen) atoms. The molecule has 0 unspecified atom stereocenters. The second kappa shape index (κ2) is 8.01. The van der Waals surface area contributed by atoms with E-state index in [2.05, 4.69) is 0 Å². The number of thiocarbonyl (C=S) groups is 1. The van der Waals surface area contributed by atoms with E-state index in [0.717, 1.165) is 5.56 Å². The van der Waals surface area contributed by atoms with Crippen molar-refractivity contribution in [3.63, 3.8) is 0 Å². The number of rotatable bonds is 5. The fraction of sp³-hybridized carbons (Fsp3) is 0.357. The zero-order chi connectivity index (χ0) is 15.1. The third-order valence-electron chi connectivity index (χ3n) is 2.52. The first-order valence-electron chi connectivity index (χ1n) is 6.14. The van der Waals surface area contributed by atoms with Gasteiger partial charge in [0.25, 0.3) is 5.70 Å². The van der Waals surface area contributed by atoms with E-state index in [1.165, 1.54) is 11.8 Å². The highest BCUT2D eigenvalue weighted by Crippen LogP contribution is 2.16. The molecule has 0 amide bonds. The van der Waals surface area contributed by atoms with Crippen LogP contribution in [0.2, 0.25) is 0 Å². The van der Waals surface area contributed by atoms with Crippen molar-refractivity contribution in [1.29, 1.82) is 0 Å². The van der Waals surface area contributed by atoms with Gasteiger partial charge < -0.3 is 9.84 Å². The number of esters is 1. The normalized spacial score (nSPS) is 11.8. The number of nitrogens with zero attached hydrogens (tertiary/aromatic N) is 1. The van der Waals surface area contributed by atoms with Gasteiger partial charge in [0.1, 0.15) is 10.6 Å². The van der Waals surface area contributed by atoms with Crippen LogP contribution in [0.4, 0.5) is 0 Å². The van der Waals surface area contributed by atoms with Crippen molar-refractivity contribution < 1.29 is 19.2 Å². The summed E-state index contributed by atoms with van der Waals surface area (Å²) < 4.78 is 7.06. The van der Waals surface area contributed by atoms with Gasteiger partial charge in [0.15, 0.2) is 18.2 Å². The number of hydrogen-bond donors (Lipinski definition) is 1. The molecule has 108 valence electrons. The summed E-state index contributed by atoms with van der Waals surface area (Å²) in [6, 6.07) is 3.81. The summed E-state index contributed by atoms with van der Waals surface area (Å²) in [6.45, 7) is 3.98. The summed E-state index contributed by atoms with van der Waals surface area (Å²) in [6.07, 6.45) is 5.24. The van der Waals surface area contributed by atoms with E-state index >= 15 is 0 Å². The average Bonchev–Trinajstić information content (AvgIpc) is 2.41. The van der Waals surface area contributed by atoms with E-state index in [9.17, 15) is 9.90 Å². The molecule has 1 aromatic heterocycles. The van der Waals surface area contributed by atoms with Crippen molar-refractivity contribution in [3.05, 3.63) is 35.8 Å². The molecule has 0 saturated carbocycles. The fourth-order valence-electron chi connectivity index (χ4n) is 1.55. The van der Waals surface area contributed by atoms with Gasteiger partial charge in [0.05, 0.1) is 6.61 Å². The summed E-state index contributed by atoms with van der Waals surface area (Å²) in [5.74, 6) is -0.559. The summed E-state index contributed by atoms with van der Waals surface area (Å²) in [5.41, 5.74) is 1.54. The molecular formula is C14H18NO3S2+. The lowest BCUT2D eigenvalue weighted by Crippen LogP contribution is -2.35. The van der Waals surface area contributed by atoms with Crippen molar-refractivity contribution >= 4 is 39.8 Å². The number of hydrogen-bond acceptors (Lipinski definition) is 5. The van der Waals surface area contributed by atoms with Crippen LogP contribution >= 0.6 is 24.0 Å². The summed E-state index contributed by atoms with van der Waals surface area (Å²) >= 11 is 6.60. The van der Waals surface area contributed by atoms with E-state index in [-0.39, 0.29) is 18.8 Å². The molecule has 0 radical (unpaired) electrons. The molecule has 0 atom stereocenters. The van der Waals surface area contributed by atoms with Crippen LogP contribution in [0, 0.1) is 6.92 Å². The molecule has 0 bridgehead atoms.